The number of benzene rings is 2. The molecule has 0 heterocycles. The number of nitrogens with one attached hydrogen (secondary N) is 2. The van der Waals surface area contributed by atoms with Gasteiger partial charge in [-0.3, -0.25) is 9.59 Å². The van der Waals surface area contributed by atoms with Crippen LogP contribution in [0, 0.1) is 0 Å². The maximum absolute atomic E-state index is 11.9. The van der Waals surface area contributed by atoms with E-state index in [2.05, 4.69) is 15.8 Å². The molecule has 0 spiro atoms. The van der Waals surface area contributed by atoms with Crippen LogP contribution >= 0.6 is 23.2 Å². The van der Waals surface area contributed by atoms with Gasteiger partial charge in [-0.05, 0) is 30.3 Å². The molecule has 136 valence electrons. The summed E-state index contributed by atoms with van der Waals surface area (Å²) in [6.45, 7) is 0. The third-order valence-corrected chi connectivity index (χ3v) is 3.59. The second-order valence-electron chi connectivity index (χ2n) is 4.89. The number of carbonyl (C=O) groups is 2. The van der Waals surface area contributed by atoms with Crippen LogP contribution in [-0.2, 0) is 9.59 Å². The van der Waals surface area contributed by atoms with Crippen molar-refractivity contribution in [2.45, 2.75) is 0 Å². The molecule has 0 bridgehead atoms. The predicted octanol–water partition coefficient (Wildman–Crippen LogP) is 3.10. The Bertz CT molecular complexity index is 813. The minimum absolute atomic E-state index is 0.290. The molecule has 2 aromatic rings. The summed E-state index contributed by atoms with van der Waals surface area (Å²) in [5.74, 6) is -0.889. The molecule has 0 atom stereocenters. The van der Waals surface area contributed by atoms with Crippen molar-refractivity contribution in [3.8, 4) is 11.5 Å². The first kappa shape index (κ1) is 19.6. The van der Waals surface area contributed by atoms with Gasteiger partial charge < -0.3 is 14.8 Å². The maximum Gasteiger partial charge on any atom is 0.329 e. The number of rotatable bonds is 5. The van der Waals surface area contributed by atoms with E-state index in [1.54, 1.807) is 18.2 Å². The zero-order chi connectivity index (χ0) is 19.1. The van der Waals surface area contributed by atoms with Gasteiger partial charge in [0, 0.05) is 15.7 Å². The van der Waals surface area contributed by atoms with Gasteiger partial charge in [0.25, 0.3) is 0 Å². The lowest BCUT2D eigenvalue weighted by molar-refractivity contribution is -0.136. The number of hydrazone groups is 1. The minimum Gasteiger partial charge on any atom is -0.496 e. The number of hydrogen-bond acceptors (Lipinski definition) is 5. The van der Waals surface area contributed by atoms with E-state index in [0.717, 1.165) is 0 Å². The van der Waals surface area contributed by atoms with Gasteiger partial charge in [-0.1, -0.05) is 29.3 Å². The van der Waals surface area contributed by atoms with Gasteiger partial charge in [-0.2, -0.15) is 5.10 Å². The molecule has 0 aliphatic rings. The molecule has 0 saturated carbocycles. The molecule has 9 heteroatoms. The van der Waals surface area contributed by atoms with E-state index < -0.39 is 11.8 Å². The van der Waals surface area contributed by atoms with Crippen molar-refractivity contribution in [3.05, 3.63) is 52.0 Å². The van der Waals surface area contributed by atoms with Gasteiger partial charge in [0.1, 0.15) is 11.5 Å². The summed E-state index contributed by atoms with van der Waals surface area (Å²) < 4.78 is 10.4. The van der Waals surface area contributed by atoms with Gasteiger partial charge in [-0.15, -0.1) is 0 Å². The quantitative estimate of drug-likeness (QED) is 0.462. The largest absolute Gasteiger partial charge is 0.496 e. The number of methoxy groups -OCH3 is 2. The van der Waals surface area contributed by atoms with Crippen LogP contribution in [0.4, 0.5) is 5.69 Å². The van der Waals surface area contributed by atoms with Crippen molar-refractivity contribution in [1.82, 2.24) is 5.43 Å². The monoisotopic (exact) mass is 395 g/mol. The molecule has 2 N–H and O–H groups in total. The Balaban J connectivity index is 2.04. The highest BCUT2D eigenvalue weighted by molar-refractivity contribution is 6.40. The number of hydrogen-bond donors (Lipinski definition) is 2. The third kappa shape index (κ3) is 5.11. The van der Waals surface area contributed by atoms with Crippen molar-refractivity contribution >= 4 is 46.9 Å². The summed E-state index contributed by atoms with van der Waals surface area (Å²) in [5.41, 5.74) is 2.93. The SMILES string of the molecule is COc1cccc(OC)c1/C=N\NC(=O)C(=O)Nc1cc(Cl)cc(Cl)c1. The first-order chi connectivity index (χ1) is 12.4. The first-order valence-electron chi connectivity index (χ1n) is 7.26. The van der Waals surface area contributed by atoms with Crippen molar-refractivity contribution < 1.29 is 19.1 Å². The number of nitrogens with zero attached hydrogens (tertiary/aromatic N) is 1. The fraction of sp³-hybridized carbons (Fsp3) is 0.118. The molecular weight excluding hydrogens is 381 g/mol. The Hall–Kier alpha value is -2.77. The van der Waals surface area contributed by atoms with E-state index in [1.807, 2.05) is 0 Å². The number of amides is 2. The average molecular weight is 396 g/mol. The van der Waals surface area contributed by atoms with Crippen LogP contribution in [0.3, 0.4) is 0 Å². The van der Waals surface area contributed by atoms with E-state index in [4.69, 9.17) is 32.7 Å². The summed E-state index contributed by atoms with van der Waals surface area (Å²) in [6.07, 6.45) is 1.32. The van der Waals surface area contributed by atoms with Crippen LogP contribution in [0.5, 0.6) is 11.5 Å². The molecule has 2 rings (SSSR count). The molecule has 0 radical (unpaired) electrons. The number of halogens is 2. The molecule has 0 aromatic heterocycles. The fourth-order valence-corrected chi connectivity index (χ4v) is 2.55. The van der Waals surface area contributed by atoms with Gasteiger partial charge >= 0.3 is 11.8 Å². The molecule has 0 unspecified atom stereocenters. The maximum atomic E-state index is 11.9. The van der Waals surface area contributed by atoms with Crippen molar-refractivity contribution in [1.29, 1.82) is 0 Å². The summed E-state index contributed by atoms with van der Waals surface area (Å²) in [7, 11) is 2.99. The van der Waals surface area contributed by atoms with Crippen LogP contribution in [0.2, 0.25) is 10.0 Å². The van der Waals surface area contributed by atoms with Gasteiger partial charge in [-0.25, -0.2) is 5.43 Å². The molecule has 2 amide bonds. The Labute approximate surface area is 159 Å². The smallest absolute Gasteiger partial charge is 0.329 e. The lowest BCUT2D eigenvalue weighted by atomic mass is 10.2. The summed E-state index contributed by atoms with van der Waals surface area (Å²) in [6, 6.07) is 9.59. The van der Waals surface area contributed by atoms with Crippen LogP contribution in [0.25, 0.3) is 0 Å². The van der Waals surface area contributed by atoms with E-state index in [0.29, 0.717) is 27.1 Å². The Kier molecular flexibility index (Phi) is 6.82. The topological polar surface area (TPSA) is 89.0 Å². The predicted molar refractivity (Wildman–Crippen MR) is 100 cm³/mol. The molecule has 0 fully saturated rings. The van der Waals surface area contributed by atoms with E-state index in [-0.39, 0.29) is 5.69 Å². The lowest BCUT2D eigenvalue weighted by Gasteiger charge is -2.09. The second kappa shape index (κ2) is 9.07. The fourth-order valence-electron chi connectivity index (χ4n) is 2.03. The van der Waals surface area contributed by atoms with Gasteiger partial charge in [0.2, 0.25) is 0 Å². The lowest BCUT2D eigenvalue weighted by Crippen LogP contribution is -2.32. The van der Waals surface area contributed by atoms with Crippen LogP contribution in [0.1, 0.15) is 5.56 Å². The highest BCUT2D eigenvalue weighted by Crippen LogP contribution is 2.26. The first-order valence-corrected chi connectivity index (χ1v) is 8.01. The highest BCUT2D eigenvalue weighted by Gasteiger charge is 2.14. The van der Waals surface area contributed by atoms with E-state index in [1.165, 1.54) is 38.6 Å². The normalized spacial score (nSPS) is 10.5. The van der Waals surface area contributed by atoms with E-state index in [9.17, 15) is 9.59 Å². The number of anilines is 1. The second-order valence-corrected chi connectivity index (χ2v) is 5.76. The van der Waals surface area contributed by atoms with Crippen LogP contribution < -0.4 is 20.2 Å². The van der Waals surface area contributed by atoms with Crippen molar-refractivity contribution in [2.75, 3.05) is 19.5 Å². The molecule has 7 nitrogen and oxygen atoms in total. The minimum atomic E-state index is -0.966. The zero-order valence-electron chi connectivity index (χ0n) is 13.9. The standard InChI is InChI=1S/C17H15Cl2N3O4/c1-25-14-4-3-5-15(26-2)13(14)9-20-22-17(24)16(23)21-12-7-10(18)6-11(19)8-12/h3-9H,1-2H3,(H,21,23)(H,22,24)/b20-9-. The van der Waals surface area contributed by atoms with Crippen LogP contribution in [-0.4, -0.2) is 32.2 Å². The molecule has 0 saturated heterocycles. The van der Waals surface area contributed by atoms with Crippen molar-refractivity contribution in [3.63, 3.8) is 0 Å². The van der Waals surface area contributed by atoms with Crippen molar-refractivity contribution in [2.24, 2.45) is 5.10 Å². The summed E-state index contributed by atoms with van der Waals surface area (Å²) in [4.78, 5) is 23.7. The summed E-state index contributed by atoms with van der Waals surface area (Å²) in [5, 5.41) is 6.79. The molecule has 26 heavy (non-hydrogen) atoms. The average Bonchev–Trinajstić information content (AvgIpc) is 2.60. The molecule has 0 aliphatic carbocycles. The van der Waals surface area contributed by atoms with Gasteiger partial charge in [0.05, 0.1) is 26.0 Å². The molecular formula is C17H15Cl2N3O4. The summed E-state index contributed by atoms with van der Waals surface area (Å²) >= 11 is 11.7. The number of carbonyl (C=O) groups excluding carboxylic acids is 2. The van der Waals surface area contributed by atoms with E-state index >= 15 is 0 Å². The molecule has 0 aliphatic heterocycles. The van der Waals surface area contributed by atoms with Gasteiger partial charge in [0.15, 0.2) is 0 Å². The Morgan fingerprint density at radius 3 is 2.12 bits per heavy atom. The molecule has 2 aromatic carbocycles. The third-order valence-electron chi connectivity index (χ3n) is 3.15. The zero-order valence-corrected chi connectivity index (χ0v) is 15.4. The number of ether oxygens (including phenoxy) is 2. The van der Waals surface area contributed by atoms with Crippen LogP contribution in [0.15, 0.2) is 41.5 Å². The Morgan fingerprint density at radius 2 is 1.58 bits per heavy atom. The Morgan fingerprint density at radius 1 is 1.00 bits per heavy atom. The highest BCUT2D eigenvalue weighted by atomic mass is 35.5.